The summed E-state index contributed by atoms with van der Waals surface area (Å²) in [6.45, 7) is 4.10. The highest BCUT2D eigenvalue weighted by molar-refractivity contribution is 7.71. The Kier molecular flexibility index (Phi) is 4.39. The Morgan fingerprint density at radius 1 is 1.48 bits per heavy atom. The van der Waals surface area contributed by atoms with E-state index in [9.17, 15) is 4.79 Å². The number of aromatic amines is 1. The van der Waals surface area contributed by atoms with Gasteiger partial charge in [-0.1, -0.05) is 6.07 Å². The number of anilines is 1. The lowest BCUT2D eigenvalue weighted by molar-refractivity contribution is -0.116. The Hall–Kier alpha value is -2.26. The Labute approximate surface area is 142 Å². The maximum absolute atomic E-state index is 12.4. The first-order valence-corrected chi connectivity index (χ1v) is 8.37. The average Bonchev–Trinajstić information content (AvgIpc) is 3.21. The van der Waals surface area contributed by atoms with Gasteiger partial charge in [-0.05, 0) is 37.5 Å². The van der Waals surface area contributed by atoms with E-state index >= 15 is 0 Å². The molecule has 0 aromatic carbocycles. The van der Waals surface area contributed by atoms with E-state index in [1.165, 1.54) is 0 Å². The average molecular weight is 348 g/mol. The summed E-state index contributed by atoms with van der Waals surface area (Å²) in [6.07, 6.45) is 1.66. The van der Waals surface area contributed by atoms with Crippen LogP contribution in [0.1, 0.15) is 19.9 Å². The van der Waals surface area contributed by atoms with Gasteiger partial charge in [0.1, 0.15) is 12.4 Å². The minimum Gasteiger partial charge on any atom is -0.309 e. The molecular weight excluding hydrogens is 332 g/mol. The fourth-order valence-corrected chi connectivity index (χ4v) is 3.13. The zero-order chi connectivity index (χ0) is 16.4. The molecule has 0 atom stereocenters. The first-order chi connectivity index (χ1) is 11.1. The van der Waals surface area contributed by atoms with Crippen LogP contribution in [0, 0.1) is 4.77 Å². The lowest BCUT2D eigenvalue weighted by Crippen LogP contribution is -2.21. The summed E-state index contributed by atoms with van der Waals surface area (Å²) in [7, 11) is 0. The lowest BCUT2D eigenvalue weighted by Gasteiger charge is -2.12. The molecule has 120 valence electrons. The summed E-state index contributed by atoms with van der Waals surface area (Å²) in [5.41, 5.74) is 0. The highest BCUT2D eigenvalue weighted by Crippen LogP contribution is 2.22. The van der Waals surface area contributed by atoms with Gasteiger partial charge >= 0.3 is 0 Å². The number of thiophene rings is 1. The molecule has 0 spiro atoms. The Balaban J connectivity index is 1.80. The number of carbonyl (C=O) groups excluding carboxylic acids is 1. The number of nitrogens with zero attached hydrogens (tertiary/aromatic N) is 4. The molecule has 23 heavy (non-hydrogen) atoms. The van der Waals surface area contributed by atoms with Crippen LogP contribution in [0.25, 0.3) is 10.7 Å². The lowest BCUT2D eigenvalue weighted by atomic mass is 10.4. The summed E-state index contributed by atoms with van der Waals surface area (Å²) in [5, 5.41) is 16.0. The van der Waals surface area contributed by atoms with Crippen molar-refractivity contribution in [1.29, 1.82) is 0 Å². The van der Waals surface area contributed by atoms with Crippen LogP contribution in [0.4, 0.5) is 5.82 Å². The quantitative estimate of drug-likeness (QED) is 0.694. The fraction of sp³-hybridized carbons (Fsp3) is 0.286. The Bertz CT molecular complexity index is 858. The second-order valence-corrected chi connectivity index (χ2v) is 6.55. The third-order valence-corrected chi connectivity index (χ3v) is 4.41. The highest BCUT2D eigenvalue weighted by Gasteiger charge is 2.15. The SMILES string of the molecule is CC(C)n1nccc1NC(=O)Cn1c(-c2cccs2)n[nH]c1=S. The molecule has 1 amide bonds. The van der Waals surface area contributed by atoms with Crippen molar-refractivity contribution in [3.63, 3.8) is 0 Å². The normalized spacial score (nSPS) is 11.1. The molecule has 0 aliphatic carbocycles. The number of aromatic nitrogens is 5. The predicted molar refractivity (Wildman–Crippen MR) is 92.0 cm³/mol. The molecule has 3 aromatic rings. The number of amides is 1. The zero-order valence-corrected chi connectivity index (χ0v) is 14.3. The van der Waals surface area contributed by atoms with E-state index in [1.807, 2.05) is 31.4 Å². The third kappa shape index (κ3) is 3.25. The van der Waals surface area contributed by atoms with Crippen molar-refractivity contribution >= 4 is 35.3 Å². The number of H-pyrrole nitrogens is 1. The van der Waals surface area contributed by atoms with Crippen molar-refractivity contribution in [3.05, 3.63) is 34.5 Å². The summed E-state index contributed by atoms with van der Waals surface area (Å²) < 4.78 is 3.86. The van der Waals surface area contributed by atoms with E-state index in [4.69, 9.17) is 12.2 Å². The van der Waals surface area contributed by atoms with Crippen LogP contribution in [-0.2, 0) is 11.3 Å². The zero-order valence-electron chi connectivity index (χ0n) is 12.7. The van der Waals surface area contributed by atoms with E-state index in [0.29, 0.717) is 16.4 Å². The van der Waals surface area contributed by atoms with E-state index in [0.717, 1.165) is 4.88 Å². The van der Waals surface area contributed by atoms with Crippen LogP contribution >= 0.6 is 23.6 Å². The number of carbonyl (C=O) groups is 1. The number of nitrogens with one attached hydrogen (secondary N) is 2. The first-order valence-electron chi connectivity index (χ1n) is 7.08. The van der Waals surface area contributed by atoms with Crippen molar-refractivity contribution in [2.45, 2.75) is 26.4 Å². The topological polar surface area (TPSA) is 80.5 Å². The number of rotatable bonds is 5. The van der Waals surface area contributed by atoms with Crippen molar-refractivity contribution in [2.24, 2.45) is 0 Å². The minimum atomic E-state index is -0.178. The molecule has 0 saturated carbocycles. The summed E-state index contributed by atoms with van der Waals surface area (Å²) in [6, 6.07) is 5.81. The molecule has 0 fully saturated rings. The van der Waals surface area contributed by atoms with Gasteiger partial charge in [-0.2, -0.15) is 10.2 Å². The molecule has 3 rings (SSSR count). The monoisotopic (exact) mass is 348 g/mol. The summed E-state index contributed by atoms with van der Waals surface area (Å²) in [5.74, 6) is 1.15. The molecular formula is C14H16N6OS2. The van der Waals surface area contributed by atoms with Crippen LogP contribution in [-0.4, -0.2) is 30.5 Å². The van der Waals surface area contributed by atoms with Crippen molar-refractivity contribution in [1.82, 2.24) is 24.5 Å². The van der Waals surface area contributed by atoms with Crippen LogP contribution < -0.4 is 5.32 Å². The highest BCUT2D eigenvalue weighted by atomic mass is 32.1. The maximum Gasteiger partial charge on any atom is 0.245 e. The van der Waals surface area contributed by atoms with Gasteiger partial charge in [-0.15, -0.1) is 11.3 Å². The Morgan fingerprint density at radius 2 is 2.30 bits per heavy atom. The second kappa shape index (κ2) is 6.47. The van der Waals surface area contributed by atoms with E-state index in [-0.39, 0.29) is 18.5 Å². The maximum atomic E-state index is 12.4. The molecule has 0 unspecified atom stereocenters. The summed E-state index contributed by atoms with van der Waals surface area (Å²) >= 11 is 6.78. The minimum absolute atomic E-state index is 0.0891. The van der Waals surface area contributed by atoms with Gasteiger partial charge in [0.25, 0.3) is 0 Å². The van der Waals surface area contributed by atoms with E-state index in [1.54, 1.807) is 32.8 Å². The van der Waals surface area contributed by atoms with Gasteiger partial charge in [0.15, 0.2) is 10.6 Å². The smallest absolute Gasteiger partial charge is 0.245 e. The van der Waals surface area contributed by atoms with Gasteiger partial charge in [-0.3, -0.25) is 14.5 Å². The van der Waals surface area contributed by atoms with Gasteiger partial charge in [0, 0.05) is 12.1 Å². The molecule has 2 N–H and O–H groups in total. The van der Waals surface area contributed by atoms with Crippen LogP contribution in [0.15, 0.2) is 29.8 Å². The fourth-order valence-electron chi connectivity index (χ4n) is 2.21. The molecule has 9 heteroatoms. The van der Waals surface area contributed by atoms with E-state index in [2.05, 4.69) is 20.6 Å². The van der Waals surface area contributed by atoms with Crippen LogP contribution in [0.5, 0.6) is 0 Å². The van der Waals surface area contributed by atoms with Gasteiger partial charge in [-0.25, -0.2) is 4.68 Å². The molecule has 0 saturated heterocycles. The standard InChI is InChI=1S/C14H16N6OS2/c1-9(2)20-11(5-6-15-20)16-12(21)8-19-13(17-18-14(19)22)10-4-3-7-23-10/h3-7,9H,8H2,1-2H3,(H,16,21)(H,18,22). The largest absolute Gasteiger partial charge is 0.309 e. The van der Waals surface area contributed by atoms with Gasteiger partial charge in [0.05, 0.1) is 11.1 Å². The van der Waals surface area contributed by atoms with Gasteiger partial charge in [0.2, 0.25) is 5.91 Å². The third-order valence-electron chi connectivity index (χ3n) is 3.23. The first kappa shape index (κ1) is 15.6. The van der Waals surface area contributed by atoms with Crippen molar-refractivity contribution in [3.8, 4) is 10.7 Å². The number of hydrogen-bond acceptors (Lipinski definition) is 5. The summed E-state index contributed by atoms with van der Waals surface area (Å²) in [4.78, 5) is 13.3. The van der Waals surface area contributed by atoms with Crippen LogP contribution in [0.3, 0.4) is 0 Å². The Morgan fingerprint density at radius 3 is 3.00 bits per heavy atom. The predicted octanol–water partition coefficient (Wildman–Crippen LogP) is 3.09. The molecule has 7 nitrogen and oxygen atoms in total. The molecule has 3 aromatic heterocycles. The molecule has 0 bridgehead atoms. The second-order valence-electron chi connectivity index (χ2n) is 5.22. The van der Waals surface area contributed by atoms with Crippen LogP contribution in [0.2, 0.25) is 0 Å². The van der Waals surface area contributed by atoms with E-state index < -0.39 is 0 Å². The molecule has 0 aliphatic heterocycles. The molecule has 3 heterocycles. The van der Waals surface area contributed by atoms with Crippen molar-refractivity contribution in [2.75, 3.05) is 5.32 Å². The number of hydrogen-bond donors (Lipinski definition) is 2. The molecule has 0 radical (unpaired) electrons. The van der Waals surface area contributed by atoms with Crippen molar-refractivity contribution < 1.29 is 4.79 Å². The molecule has 0 aliphatic rings. The van der Waals surface area contributed by atoms with Gasteiger partial charge < -0.3 is 5.32 Å².